The number of aromatic nitrogens is 3. The molecule has 0 radical (unpaired) electrons. The summed E-state index contributed by atoms with van der Waals surface area (Å²) >= 11 is 8.14. The van der Waals surface area contributed by atoms with Crippen LogP contribution in [0.3, 0.4) is 0 Å². The van der Waals surface area contributed by atoms with Gasteiger partial charge in [-0.2, -0.15) is 0 Å². The highest BCUT2D eigenvalue weighted by molar-refractivity contribution is 7.99. The number of piperidine rings is 1. The molecule has 3 fully saturated rings. The van der Waals surface area contributed by atoms with Crippen LogP contribution in [0.25, 0.3) is 0 Å². The van der Waals surface area contributed by atoms with E-state index in [-0.39, 0.29) is 36.8 Å². The highest BCUT2D eigenvalue weighted by Crippen LogP contribution is 2.43. The average Bonchev–Trinajstić information content (AvgIpc) is 3.46. The van der Waals surface area contributed by atoms with Crippen LogP contribution in [0.4, 0.5) is 11.6 Å². The predicted molar refractivity (Wildman–Crippen MR) is 136 cm³/mol. The first kappa shape index (κ1) is 25.0. The monoisotopic (exact) mass is 520 g/mol. The van der Waals surface area contributed by atoms with Gasteiger partial charge in [-0.15, -0.1) is 0 Å². The van der Waals surface area contributed by atoms with Crippen molar-refractivity contribution in [2.75, 3.05) is 42.6 Å². The lowest BCUT2D eigenvalue weighted by atomic mass is 9.73. The fraction of sp³-hybridized carbons (Fsp3) is 0.625. The van der Waals surface area contributed by atoms with Crippen LogP contribution >= 0.6 is 23.4 Å². The number of ether oxygens (including phenoxy) is 1. The minimum atomic E-state index is -0.195. The fourth-order valence-electron chi connectivity index (χ4n) is 5.57. The molecule has 3 saturated heterocycles. The van der Waals surface area contributed by atoms with Crippen LogP contribution in [0.2, 0.25) is 5.02 Å². The second-order valence-corrected chi connectivity index (χ2v) is 11.2. The Balaban J connectivity index is 1.31. The lowest BCUT2D eigenvalue weighted by molar-refractivity contribution is 0.0973. The average molecular weight is 521 g/mol. The molecular weight excluding hydrogens is 488 g/mol. The Bertz CT molecular complexity index is 1050. The van der Waals surface area contributed by atoms with Crippen LogP contribution in [0.15, 0.2) is 28.4 Å². The molecule has 3 aliphatic rings. The molecule has 1 unspecified atom stereocenters. The maximum absolute atomic E-state index is 10.1. The Morgan fingerprint density at radius 1 is 1.23 bits per heavy atom. The third-order valence-corrected chi connectivity index (χ3v) is 9.22. The third-order valence-electron chi connectivity index (χ3n) is 7.77. The van der Waals surface area contributed by atoms with Crippen molar-refractivity contribution in [3.05, 3.63) is 29.2 Å². The number of aliphatic hydroxyl groups excluding tert-OH is 2. The molecule has 35 heavy (non-hydrogen) atoms. The van der Waals surface area contributed by atoms with E-state index < -0.39 is 0 Å². The third kappa shape index (κ3) is 4.72. The molecule has 5 heterocycles. The van der Waals surface area contributed by atoms with Crippen LogP contribution < -0.4 is 15.5 Å². The zero-order chi connectivity index (χ0) is 24.6. The Morgan fingerprint density at radius 3 is 2.71 bits per heavy atom. The zero-order valence-electron chi connectivity index (χ0n) is 19.9. The van der Waals surface area contributed by atoms with Gasteiger partial charge in [0.15, 0.2) is 5.82 Å². The van der Waals surface area contributed by atoms with Crippen LogP contribution in [-0.2, 0) is 11.3 Å². The lowest BCUT2D eigenvalue weighted by Crippen LogP contribution is -2.51. The molecular formula is C24H33ClN6O3S. The van der Waals surface area contributed by atoms with Crippen molar-refractivity contribution >= 4 is 35.0 Å². The molecule has 5 rings (SSSR count). The van der Waals surface area contributed by atoms with Gasteiger partial charge in [-0.1, -0.05) is 23.4 Å². The van der Waals surface area contributed by atoms with Gasteiger partial charge in [-0.3, -0.25) is 0 Å². The lowest BCUT2D eigenvalue weighted by Gasteiger charge is -2.41. The van der Waals surface area contributed by atoms with Crippen LogP contribution in [0.5, 0.6) is 0 Å². The number of nitrogens with zero attached hydrogens (tertiary/aromatic N) is 5. The highest BCUT2D eigenvalue weighted by Gasteiger charge is 2.47. The minimum absolute atomic E-state index is 0.0265. The predicted octanol–water partition coefficient (Wildman–Crippen LogP) is 2.46. The van der Waals surface area contributed by atoms with E-state index in [2.05, 4.69) is 14.8 Å². The Morgan fingerprint density at radius 2 is 2.03 bits per heavy atom. The number of hydrogen-bond donors (Lipinski definition) is 3. The highest BCUT2D eigenvalue weighted by atomic mass is 35.5. The topological polar surface area (TPSA) is 121 Å². The number of aliphatic hydroxyl groups is 2. The summed E-state index contributed by atoms with van der Waals surface area (Å²) in [5, 5.41) is 21.0. The van der Waals surface area contributed by atoms with E-state index in [9.17, 15) is 10.2 Å². The Hall–Kier alpha value is -1.69. The summed E-state index contributed by atoms with van der Waals surface area (Å²) in [7, 11) is 0. The summed E-state index contributed by atoms with van der Waals surface area (Å²) in [6, 6.07) is 1.94. The smallest absolute Gasteiger partial charge is 0.152 e. The Labute approximate surface area is 215 Å². The first-order valence-electron chi connectivity index (χ1n) is 12.2. The molecule has 1 spiro atoms. The van der Waals surface area contributed by atoms with Gasteiger partial charge in [0.25, 0.3) is 0 Å². The van der Waals surface area contributed by atoms with E-state index in [1.54, 1.807) is 12.4 Å². The molecule has 0 aliphatic carbocycles. The first-order chi connectivity index (χ1) is 17.0. The van der Waals surface area contributed by atoms with E-state index in [1.807, 2.05) is 13.0 Å². The minimum Gasteiger partial charge on any atom is -0.394 e. The van der Waals surface area contributed by atoms with Gasteiger partial charge in [-0.05, 0) is 38.7 Å². The normalized spacial score (nSPS) is 26.1. The number of hydrogen-bond acceptors (Lipinski definition) is 10. The maximum atomic E-state index is 10.1. The van der Waals surface area contributed by atoms with Crippen molar-refractivity contribution in [3.63, 3.8) is 0 Å². The van der Waals surface area contributed by atoms with Crippen molar-refractivity contribution in [3.8, 4) is 0 Å². The second-order valence-electron chi connectivity index (χ2n) is 9.75. The zero-order valence-corrected chi connectivity index (χ0v) is 21.5. The number of nitrogens with two attached hydrogens (primary N) is 1. The molecule has 11 heteroatoms. The molecule has 3 atom stereocenters. The molecule has 0 amide bonds. The standard InChI is InChI=1S/C24H33ClN6O3S/c1-15-21(26)24(14-34-15)5-9-30(10-6-24)22-17(13-33)29-19(11-28-22)35-18-4-7-27-23(20(18)25)31-8-2-3-16(31)12-32/h4,7,11,15-16,21,32-33H,2-3,5-6,8-10,12-14,26H2,1H3/t15-,16?,21+/m0/s1. The van der Waals surface area contributed by atoms with Gasteiger partial charge in [-0.25, -0.2) is 15.0 Å². The molecule has 3 aliphatic heterocycles. The SMILES string of the molecule is C[C@@H]1OCC2(CCN(c3ncc(Sc4ccnc(N5CCCC5CO)c4Cl)nc3CO)CC2)[C@@H]1N. The number of rotatable bonds is 6. The molecule has 0 saturated carbocycles. The van der Waals surface area contributed by atoms with E-state index >= 15 is 0 Å². The summed E-state index contributed by atoms with van der Waals surface area (Å²) in [5.41, 5.74) is 7.03. The van der Waals surface area contributed by atoms with E-state index in [1.165, 1.54) is 11.8 Å². The summed E-state index contributed by atoms with van der Waals surface area (Å²) in [6.07, 6.45) is 7.35. The maximum Gasteiger partial charge on any atom is 0.152 e. The fourth-order valence-corrected chi connectivity index (χ4v) is 6.70. The Kier molecular flexibility index (Phi) is 7.39. The summed E-state index contributed by atoms with van der Waals surface area (Å²) in [5.74, 6) is 1.41. The molecule has 4 N–H and O–H groups in total. The molecule has 0 aromatic carbocycles. The van der Waals surface area contributed by atoms with Crippen LogP contribution in [-0.4, -0.2) is 76.2 Å². The van der Waals surface area contributed by atoms with Crippen molar-refractivity contribution in [1.29, 1.82) is 0 Å². The molecule has 190 valence electrons. The van der Waals surface area contributed by atoms with Gasteiger partial charge in [0.2, 0.25) is 0 Å². The van der Waals surface area contributed by atoms with Crippen molar-refractivity contribution in [1.82, 2.24) is 15.0 Å². The first-order valence-corrected chi connectivity index (χ1v) is 13.4. The second kappa shape index (κ2) is 10.4. The van der Waals surface area contributed by atoms with Gasteiger partial charge in [0, 0.05) is 42.2 Å². The van der Waals surface area contributed by atoms with Crippen molar-refractivity contribution in [2.24, 2.45) is 11.1 Å². The van der Waals surface area contributed by atoms with Gasteiger partial charge >= 0.3 is 0 Å². The van der Waals surface area contributed by atoms with Gasteiger partial charge < -0.3 is 30.5 Å². The van der Waals surface area contributed by atoms with E-state index in [0.29, 0.717) is 28.2 Å². The largest absolute Gasteiger partial charge is 0.394 e. The van der Waals surface area contributed by atoms with E-state index in [0.717, 1.165) is 56.0 Å². The van der Waals surface area contributed by atoms with Gasteiger partial charge in [0.05, 0.1) is 43.2 Å². The summed E-state index contributed by atoms with van der Waals surface area (Å²) < 4.78 is 5.83. The molecule has 0 bridgehead atoms. The number of pyridine rings is 1. The van der Waals surface area contributed by atoms with Crippen molar-refractivity contribution in [2.45, 2.75) is 67.3 Å². The van der Waals surface area contributed by atoms with Crippen LogP contribution in [0.1, 0.15) is 38.3 Å². The quantitative estimate of drug-likeness (QED) is 0.523. The van der Waals surface area contributed by atoms with Gasteiger partial charge in [0.1, 0.15) is 16.5 Å². The molecule has 9 nitrogen and oxygen atoms in total. The molecule has 2 aromatic heterocycles. The number of anilines is 2. The number of halogens is 1. The summed E-state index contributed by atoms with van der Waals surface area (Å²) in [6.45, 7) is 5.08. The molecule has 2 aromatic rings. The van der Waals surface area contributed by atoms with Crippen LogP contribution in [0, 0.1) is 5.41 Å². The van der Waals surface area contributed by atoms with Crippen molar-refractivity contribution < 1.29 is 14.9 Å². The summed E-state index contributed by atoms with van der Waals surface area (Å²) in [4.78, 5) is 19.0. The van der Waals surface area contributed by atoms with E-state index in [4.69, 9.17) is 32.0 Å².